The van der Waals surface area contributed by atoms with Crippen LogP contribution in [0.15, 0.2) is 0 Å². The van der Waals surface area contributed by atoms with Gasteiger partial charge in [-0.1, -0.05) is 0 Å². The van der Waals surface area contributed by atoms with Crippen LogP contribution < -0.4 is 10.6 Å². The summed E-state index contributed by atoms with van der Waals surface area (Å²) < 4.78 is 19.0. The van der Waals surface area contributed by atoms with Crippen molar-refractivity contribution in [1.82, 2.24) is 10.6 Å². The van der Waals surface area contributed by atoms with Crippen molar-refractivity contribution in [2.24, 2.45) is 0 Å². The molecule has 0 aliphatic heterocycles. The lowest BCUT2D eigenvalue weighted by atomic mass is 10.1. The minimum atomic E-state index is -1.78. The summed E-state index contributed by atoms with van der Waals surface area (Å²) in [7, 11) is 0. The van der Waals surface area contributed by atoms with Gasteiger partial charge in [0, 0.05) is 27.7 Å². The topological polar surface area (TPSA) is 163 Å². The molecule has 0 saturated heterocycles. The van der Waals surface area contributed by atoms with Crippen molar-refractivity contribution >= 4 is 35.7 Å². The van der Waals surface area contributed by atoms with Crippen molar-refractivity contribution in [3.63, 3.8) is 0 Å². The van der Waals surface area contributed by atoms with E-state index >= 15 is 0 Å². The average molecular weight is 404 g/mol. The van der Waals surface area contributed by atoms with Crippen molar-refractivity contribution in [1.29, 1.82) is 0 Å². The van der Waals surface area contributed by atoms with Gasteiger partial charge in [-0.15, -0.1) is 0 Å². The Bertz CT molecular complexity index is 552. The largest absolute Gasteiger partial charge is 0.464 e. The SMILES string of the molecule is CC(=O)OCCNC(=O)[C@@H](OC(C)=O)[C@H](OC(C)=O)C(=O)NCCOC(C)=O. The molecule has 2 N–H and O–H groups in total. The Hall–Kier alpha value is -3.18. The van der Waals surface area contributed by atoms with Crippen LogP contribution in [0.25, 0.3) is 0 Å². The number of carbonyl (C=O) groups excluding carboxylic acids is 6. The number of carbonyl (C=O) groups is 6. The molecule has 0 spiro atoms. The maximum absolute atomic E-state index is 12.3. The van der Waals surface area contributed by atoms with Crippen LogP contribution in [-0.4, -0.2) is 74.2 Å². The average Bonchev–Trinajstić information content (AvgIpc) is 2.57. The Morgan fingerprint density at radius 3 is 1.18 bits per heavy atom. The monoisotopic (exact) mass is 404 g/mol. The van der Waals surface area contributed by atoms with Crippen LogP contribution in [0.1, 0.15) is 27.7 Å². The maximum atomic E-state index is 12.3. The van der Waals surface area contributed by atoms with Crippen LogP contribution in [0, 0.1) is 0 Å². The number of amides is 2. The lowest BCUT2D eigenvalue weighted by Gasteiger charge is -2.24. The van der Waals surface area contributed by atoms with Gasteiger partial charge in [-0.3, -0.25) is 28.8 Å². The van der Waals surface area contributed by atoms with Crippen LogP contribution in [0.5, 0.6) is 0 Å². The Morgan fingerprint density at radius 1 is 0.607 bits per heavy atom. The van der Waals surface area contributed by atoms with Crippen LogP contribution in [-0.2, 0) is 47.7 Å². The molecule has 0 bridgehead atoms. The highest BCUT2D eigenvalue weighted by atomic mass is 16.6. The zero-order valence-corrected chi connectivity index (χ0v) is 16.1. The minimum absolute atomic E-state index is 0.128. The molecule has 0 heterocycles. The molecule has 0 aliphatic rings. The summed E-state index contributed by atoms with van der Waals surface area (Å²) in [5.74, 6) is -4.80. The third-order valence-electron chi connectivity index (χ3n) is 2.79. The van der Waals surface area contributed by atoms with E-state index in [2.05, 4.69) is 20.1 Å². The number of esters is 4. The fraction of sp³-hybridized carbons (Fsp3) is 0.625. The molecule has 0 rings (SSSR count). The maximum Gasteiger partial charge on any atom is 0.303 e. The third kappa shape index (κ3) is 11.4. The van der Waals surface area contributed by atoms with Crippen molar-refractivity contribution < 1.29 is 47.7 Å². The van der Waals surface area contributed by atoms with Crippen LogP contribution in [0.4, 0.5) is 0 Å². The summed E-state index contributed by atoms with van der Waals surface area (Å²) in [4.78, 5) is 68.7. The number of hydrogen-bond acceptors (Lipinski definition) is 10. The summed E-state index contributed by atoms with van der Waals surface area (Å²) in [6, 6.07) is 0. The number of nitrogens with one attached hydrogen (secondary N) is 2. The Labute approximate surface area is 161 Å². The fourth-order valence-corrected chi connectivity index (χ4v) is 1.80. The number of ether oxygens (including phenoxy) is 4. The second kappa shape index (κ2) is 13.1. The van der Waals surface area contributed by atoms with Crippen LogP contribution in [0.2, 0.25) is 0 Å². The molecule has 0 aliphatic carbocycles. The summed E-state index contributed by atoms with van der Waals surface area (Å²) in [6.45, 7) is 3.81. The third-order valence-corrected chi connectivity index (χ3v) is 2.79. The van der Waals surface area contributed by atoms with E-state index in [-0.39, 0.29) is 26.3 Å². The molecule has 2 amide bonds. The first-order valence-corrected chi connectivity index (χ1v) is 8.21. The van der Waals surface area contributed by atoms with E-state index in [1.807, 2.05) is 0 Å². The van der Waals surface area contributed by atoms with E-state index < -0.39 is 47.9 Å². The van der Waals surface area contributed by atoms with Gasteiger partial charge in [-0.25, -0.2) is 0 Å². The summed E-state index contributed by atoms with van der Waals surface area (Å²) in [5.41, 5.74) is 0. The van der Waals surface area contributed by atoms with Gasteiger partial charge in [0.05, 0.1) is 13.1 Å². The molecular formula is C16H24N2O10. The van der Waals surface area contributed by atoms with Crippen LogP contribution >= 0.6 is 0 Å². The predicted octanol–water partition coefficient (Wildman–Crippen LogP) is -1.79. The molecule has 28 heavy (non-hydrogen) atoms. The second-order valence-corrected chi connectivity index (χ2v) is 5.32. The minimum Gasteiger partial charge on any atom is -0.464 e. The molecule has 0 fully saturated rings. The van der Waals surface area contributed by atoms with Crippen molar-refractivity contribution in [2.75, 3.05) is 26.3 Å². The molecule has 0 aromatic heterocycles. The molecule has 0 aromatic rings. The first kappa shape index (κ1) is 24.8. The molecule has 0 saturated carbocycles. The summed E-state index contributed by atoms with van der Waals surface area (Å²) in [5, 5.41) is 4.60. The van der Waals surface area contributed by atoms with E-state index in [0.29, 0.717) is 0 Å². The van der Waals surface area contributed by atoms with Gasteiger partial charge in [-0.05, 0) is 0 Å². The molecule has 12 heteroatoms. The van der Waals surface area contributed by atoms with Crippen molar-refractivity contribution in [2.45, 2.75) is 39.9 Å². The highest BCUT2D eigenvalue weighted by Crippen LogP contribution is 2.07. The first-order valence-electron chi connectivity index (χ1n) is 8.21. The van der Waals surface area contributed by atoms with Gasteiger partial charge in [0.15, 0.2) is 0 Å². The van der Waals surface area contributed by atoms with Crippen molar-refractivity contribution in [3.8, 4) is 0 Å². The van der Waals surface area contributed by atoms with E-state index in [9.17, 15) is 28.8 Å². The van der Waals surface area contributed by atoms with E-state index in [4.69, 9.17) is 9.47 Å². The van der Waals surface area contributed by atoms with Gasteiger partial charge in [0.25, 0.3) is 11.8 Å². The number of rotatable bonds is 11. The lowest BCUT2D eigenvalue weighted by Crippen LogP contribution is -2.53. The van der Waals surface area contributed by atoms with Gasteiger partial charge in [-0.2, -0.15) is 0 Å². The zero-order valence-electron chi connectivity index (χ0n) is 16.1. The molecular weight excluding hydrogens is 380 g/mol. The van der Waals surface area contributed by atoms with Gasteiger partial charge < -0.3 is 29.6 Å². The summed E-state index contributed by atoms with van der Waals surface area (Å²) >= 11 is 0. The molecule has 12 nitrogen and oxygen atoms in total. The molecule has 0 aromatic carbocycles. The fourth-order valence-electron chi connectivity index (χ4n) is 1.80. The standard InChI is InChI=1S/C16H24N2O10/c1-9(19)25-7-5-17-15(23)13(27-11(3)21)14(28-12(4)22)16(24)18-6-8-26-10(2)20/h13-14H,5-8H2,1-4H3,(H,17,23)(H,18,24)/t13-,14-/m0/s1. The quantitative estimate of drug-likeness (QED) is 0.228. The zero-order chi connectivity index (χ0) is 21.7. The Kier molecular flexibility index (Phi) is 11.6. The van der Waals surface area contributed by atoms with E-state index in [1.54, 1.807) is 0 Å². The second-order valence-electron chi connectivity index (χ2n) is 5.32. The Balaban J connectivity index is 5.11. The highest BCUT2D eigenvalue weighted by molar-refractivity contribution is 5.93. The normalized spacial score (nSPS) is 12.0. The van der Waals surface area contributed by atoms with E-state index in [1.165, 1.54) is 13.8 Å². The smallest absolute Gasteiger partial charge is 0.303 e. The van der Waals surface area contributed by atoms with Gasteiger partial charge in [0.1, 0.15) is 13.2 Å². The van der Waals surface area contributed by atoms with Crippen molar-refractivity contribution in [3.05, 3.63) is 0 Å². The lowest BCUT2D eigenvalue weighted by molar-refractivity contribution is -0.174. The molecule has 2 atom stereocenters. The Morgan fingerprint density at radius 2 is 0.929 bits per heavy atom. The van der Waals surface area contributed by atoms with Gasteiger partial charge in [0.2, 0.25) is 12.2 Å². The molecule has 0 unspecified atom stereocenters. The van der Waals surface area contributed by atoms with Crippen LogP contribution in [0.3, 0.4) is 0 Å². The predicted molar refractivity (Wildman–Crippen MR) is 90.4 cm³/mol. The summed E-state index contributed by atoms with van der Waals surface area (Å²) in [6.07, 6.45) is -3.57. The van der Waals surface area contributed by atoms with E-state index in [0.717, 1.165) is 13.8 Å². The van der Waals surface area contributed by atoms with Gasteiger partial charge >= 0.3 is 23.9 Å². The highest BCUT2D eigenvalue weighted by Gasteiger charge is 2.39. The first-order chi connectivity index (χ1) is 13.0. The number of hydrogen-bond donors (Lipinski definition) is 2. The molecule has 0 radical (unpaired) electrons. The molecule has 158 valence electrons.